The molecule has 0 aliphatic rings. The van der Waals surface area contributed by atoms with Crippen molar-refractivity contribution < 1.29 is 0 Å². The Bertz CT molecular complexity index is 557. The van der Waals surface area contributed by atoms with Crippen LogP contribution in [0, 0.1) is 0 Å². The molecule has 94 valence electrons. The first kappa shape index (κ1) is 12.6. The average molecular weight is 242 g/mol. The fraction of sp³-hybridized carbons (Fsp3) is 0.267. The van der Waals surface area contributed by atoms with Crippen LogP contribution in [0.1, 0.15) is 24.1 Å². The van der Waals surface area contributed by atoms with E-state index < -0.39 is 0 Å². The van der Waals surface area contributed by atoms with Crippen molar-refractivity contribution in [1.29, 1.82) is 0 Å². The first-order chi connectivity index (χ1) is 8.70. The fourth-order valence-corrected chi connectivity index (χ4v) is 1.93. The molecule has 0 fully saturated rings. The van der Waals surface area contributed by atoms with Crippen LogP contribution in [0.2, 0.25) is 0 Å². The number of hydrogen-bond acceptors (Lipinski definition) is 2. The number of aromatic nitrogens is 1. The maximum atomic E-state index is 11.6. The van der Waals surface area contributed by atoms with Gasteiger partial charge >= 0.3 is 0 Å². The second-order valence-electron chi connectivity index (χ2n) is 4.39. The Balaban J connectivity index is 2.14. The third-order valence-electron chi connectivity index (χ3n) is 3.11. The van der Waals surface area contributed by atoms with E-state index in [1.54, 1.807) is 22.9 Å². The van der Waals surface area contributed by atoms with Crippen LogP contribution < -0.4 is 11.3 Å². The molecule has 0 aliphatic carbocycles. The van der Waals surface area contributed by atoms with E-state index in [4.69, 9.17) is 5.73 Å². The summed E-state index contributed by atoms with van der Waals surface area (Å²) in [6.07, 6.45) is 2.79. The lowest BCUT2D eigenvalue weighted by molar-refractivity contribution is 0.562. The minimum Gasteiger partial charge on any atom is -0.322 e. The number of aryl methyl sites for hydroxylation is 1. The standard InChI is InChI=1S/C15H18N2O/c1-2-12-6-8-13(9-7-12)14(16)11-17-10-4-3-5-15(17)18/h3-10,14H,2,11,16H2,1H3. The molecule has 0 radical (unpaired) electrons. The highest BCUT2D eigenvalue weighted by atomic mass is 16.1. The Morgan fingerprint density at radius 2 is 1.89 bits per heavy atom. The number of benzene rings is 1. The third kappa shape index (κ3) is 2.87. The quantitative estimate of drug-likeness (QED) is 0.892. The maximum absolute atomic E-state index is 11.6. The zero-order valence-electron chi connectivity index (χ0n) is 10.5. The highest BCUT2D eigenvalue weighted by Gasteiger charge is 2.07. The van der Waals surface area contributed by atoms with Crippen LogP contribution in [0.15, 0.2) is 53.5 Å². The van der Waals surface area contributed by atoms with Gasteiger partial charge in [-0.05, 0) is 23.6 Å². The van der Waals surface area contributed by atoms with E-state index >= 15 is 0 Å². The van der Waals surface area contributed by atoms with Crippen LogP contribution in [0.25, 0.3) is 0 Å². The van der Waals surface area contributed by atoms with Crippen LogP contribution in [-0.2, 0) is 13.0 Å². The molecule has 0 aliphatic heterocycles. The van der Waals surface area contributed by atoms with Crippen LogP contribution in [0.5, 0.6) is 0 Å². The summed E-state index contributed by atoms with van der Waals surface area (Å²) in [6.45, 7) is 2.63. The molecule has 2 N–H and O–H groups in total. The second kappa shape index (κ2) is 5.65. The van der Waals surface area contributed by atoms with Gasteiger partial charge in [-0.2, -0.15) is 0 Å². The molecule has 1 atom stereocenters. The second-order valence-corrected chi connectivity index (χ2v) is 4.39. The van der Waals surface area contributed by atoms with Crippen LogP contribution >= 0.6 is 0 Å². The van der Waals surface area contributed by atoms with Crippen molar-refractivity contribution in [1.82, 2.24) is 4.57 Å². The molecule has 18 heavy (non-hydrogen) atoms. The maximum Gasteiger partial charge on any atom is 0.250 e. The lowest BCUT2D eigenvalue weighted by atomic mass is 10.0. The molecular weight excluding hydrogens is 224 g/mol. The van der Waals surface area contributed by atoms with Gasteiger partial charge in [-0.15, -0.1) is 0 Å². The predicted molar refractivity (Wildman–Crippen MR) is 73.5 cm³/mol. The number of nitrogens with two attached hydrogens (primary N) is 1. The Labute approximate surface area is 107 Å². The summed E-state index contributed by atoms with van der Waals surface area (Å²) in [5.41, 5.74) is 8.46. The first-order valence-corrected chi connectivity index (χ1v) is 6.20. The lowest BCUT2D eigenvalue weighted by Crippen LogP contribution is -2.25. The first-order valence-electron chi connectivity index (χ1n) is 6.20. The van der Waals surface area contributed by atoms with Crippen molar-refractivity contribution >= 4 is 0 Å². The zero-order chi connectivity index (χ0) is 13.0. The van der Waals surface area contributed by atoms with E-state index in [0.717, 1.165) is 12.0 Å². The largest absolute Gasteiger partial charge is 0.322 e. The van der Waals surface area contributed by atoms with Crippen molar-refractivity contribution in [2.45, 2.75) is 25.9 Å². The van der Waals surface area contributed by atoms with Crippen LogP contribution in [-0.4, -0.2) is 4.57 Å². The average Bonchev–Trinajstić information content (AvgIpc) is 2.41. The molecule has 0 spiro atoms. The molecule has 3 heteroatoms. The predicted octanol–water partition coefficient (Wildman–Crippen LogP) is 2.11. The van der Waals surface area contributed by atoms with E-state index in [2.05, 4.69) is 19.1 Å². The monoisotopic (exact) mass is 242 g/mol. The van der Waals surface area contributed by atoms with E-state index in [-0.39, 0.29) is 11.6 Å². The molecule has 0 saturated carbocycles. The van der Waals surface area contributed by atoms with Crippen LogP contribution in [0.3, 0.4) is 0 Å². The highest BCUT2D eigenvalue weighted by molar-refractivity contribution is 5.24. The lowest BCUT2D eigenvalue weighted by Gasteiger charge is -2.14. The molecule has 0 bridgehead atoms. The van der Waals surface area contributed by atoms with Crippen molar-refractivity contribution in [3.8, 4) is 0 Å². The molecule has 0 amide bonds. The van der Waals surface area contributed by atoms with Gasteiger partial charge in [-0.25, -0.2) is 0 Å². The summed E-state index contributed by atoms with van der Waals surface area (Å²) < 4.78 is 1.64. The molecule has 3 nitrogen and oxygen atoms in total. The highest BCUT2D eigenvalue weighted by Crippen LogP contribution is 2.13. The molecule has 1 unspecified atom stereocenters. The topological polar surface area (TPSA) is 48.0 Å². The fourth-order valence-electron chi connectivity index (χ4n) is 1.93. The van der Waals surface area contributed by atoms with Crippen molar-refractivity contribution in [3.05, 3.63) is 70.1 Å². The van der Waals surface area contributed by atoms with E-state index in [1.807, 2.05) is 18.2 Å². The molecule has 1 aromatic heterocycles. The van der Waals surface area contributed by atoms with Gasteiger partial charge in [0.15, 0.2) is 0 Å². The molecular formula is C15H18N2O. The van der Waals surface area contributed by atoms with E-state index in [0.29, 0.717) is 6.54 Å². The Hall–Kier alpha value is -1.87. The van der Waals surface area contributed by atoms with E-state index in [9.17, 15) is 4.79 Å². The van der Waals surface area contributed by atoms with Gasteiger partial charge in [-0.1, -0.05) is 37.3 Å². The number of nitrogens with zero attached hydrogens (tertiary/aromatic N) is 1. The molecule has 1 aromatic carbocycles. The third-order valence-corrected chi connectivity index (χ3v) is 3.11. The number of pyridine rings is 1. The SMILES string of the molecule is CCc1ccc(C(N)Cn2ccccc2=O)cc1. The van der Waals surface area contributed by atoms with Gasteiger partial charge in [0, 0.05) is 24.8 Å². The summed E-state index contributed by atoms with van der Waals surface area (Å²) in [7, 11) is 0. The zero-order valence-corrected chi connectivity index (χ0v) is 10.5. The summed E-state index contributed by atoms with van der Waals surface area (Å²) in [5, 5.41) is 0. The van der Waals surface area contributed by atoms with Crippen LogP contribution in [0.4, 0.5) is 0 Å². The minimum atomic E-state index is -0.156. The smallest absolute Gasteiger partial charge is 0.250 e. The normalized spacial score (nSPS) is 12.3. The van der Waals surface area contributed by atoms with Crippen molar-refractivity contribution in [2.75, 3.05) is 0 Å². The summed E-state index contributed by atoms with van der Waals surface area (Å²) in [6, 6.07) is 13.2. The van der Waals surface area contributed by atoms with E-state index in [1.165, 1.54) is 5.56 Å². The summed E-state index contributed by atoms with van der Waals surface area (Å²) >= 11 is 0. The van der Waals surface area contributed by atoms with Crippen molar-refractivity contribution in [3.63, 3.8) is 0 Å². The summed E-state index contributed by atoms with van der Waals surface area (Å²) in [5.74, 6) is 0. The van der Waals surface area contributed by atoms with Gasteiger partial charge in [0.2, 0.25) is 0 Å². The molecule has 0 saturated heterocycles. The number of hydrogen-bond donors (Lipinski definition) is 1. The number of rotatable bonds is 4. The van der Waals surface area contributed by atoms with Gasteiger partial charge in [0.25, 0.3) is 5.56 Å². The Morgan fingerprint density at radius 3 is 2.50 bits per heavy atom. The van der Waals surface area contributed by atoms with Gasteiger partial charge in [0.05, 0.1) is 0 Å². The minimum absolute atomic E-state index is 0.0156. The van der Waals surface area contributed by atoms with Gasteiger partial charge < -0.3 is 10.3 Å². The Morgan fingerprint density at radius 1 is 1.17 bits per heavy atom. The Kier molecular flexibility index (Phi) is 3.95. The van der Waals surface area contributed by atoms with Gasteiger partial charge in [-0.3, -0.25) is 4.79 Å². The van der Waals surface area contributed by atoms with Gasteiger partial charge in [0.1, 0.15) is 0 Å². The molecule has 1 heterocycles. The molecule has 2 aromatic rings. The van der Waals surface area contributed by atoms with Crippen molar-refractivity contribution in [2.24, 2.45) is 5.73 Å². The summed E-state index contributed by atoms with van der Waals surface area (Å²) in [4.78, 5) is 11.6. The molecule has 2 rings (SSSR count).